The molecule has 0 radical (unpaired) electrons. The van der Waals surface area contributed by atoms with Gasteiger partial charge in [-0.2, -0.15) is 10.1 Å². The van der Waals surface area contributed by atoms with Gasteiger partial charge < -0.3 is 16.2 Å². The molecule has 8 nitrogen and oxygen atoms in total. The van der Waals surface area contributed by atoms with E-state index in [-0.39, 0.29) is 5.96 Å². The van der Waals surface area contributed by atoms with Gasteiger partial charge in [0.15, 0.2) is 0 Å². The van der Waals surface area contributed by atoms with Crippen molar-refractivity contribution in [3.63, 3.8) is 0 Å². The monoisotopic (exact) mass is 381 g/mol. The van der Waals surface area contributed by atoms with E-state index in [9.17, 15) is 0 Å². The van der Waals surface area contributed by atoms with Crippen LogP contribution >= 0.6 is 0 Å². The molecule has 0 saturated heterocycles. The summed E-state index contributed by atoms with van der Waals surface area (Å²) in [5.74, 6) is 1.46. The SMILES string of the molecule is Cc1c(COc2ccc(N3C(N)=NC(N)=NC34CCCCC4)cc2)cnn1C. The van der Waals surface area contributed by atoms with Gasteiger partial charge in [0.25, 0.3) is 0 Å². The van der Waals surface area contributed by atoms with E-state index in [1.165, 1.54) is 6.42 Å². The highest BCUT2D eigenvalue weighted by Gasteiger charge is 2.42. The quantitative estimate of drug-likeness (QED) is 0.846. The Balaban J connectivity index is 1.53. The van der Waals surface area contributed by atoms with Gasteiger partial charge in [0.05, 0.1) is 6.20 Å². The Kier molecular flexibility index (Phi) is 4.70. The molecule has 0 unspecified atom stereocenters. The van der Waals surface area contributed by atoms with E-state index in [2.05, 4.69) is 10.1 Å². The molecule has 0 atom stereocenters. The Bertz CT molecular complexity index is 907. The molecule has 4 rings (SSSR count). The first kappa shape index (κ1) is 18.3. The molecule has 1 aromatic heterocycles. The second-order valence-corrected chi connectivity index (χ2v) is 7.48. The molecule has 1 aromatic carbocycles. The van der Waals surface area contributed by atoms with Crippen LogP contribution < -0.4 is 21.1 Å². The number of nitrogens with two attached hydrogens (primary N) is 2. The topological polar surface area (TPSA) is 107 Å². The van der Waals surface area contributed by atoms with Crippen LogP contribution in [0.1, 0.15) is 43.4 Å². The predicted molar refractivity (Wildman–Crippen MR) is 110 cm³/mol. The van der Waals surface area contributed by atoms with Gasteiger partial charge in [-0.1, -0.05) is 6.42 Å². The van der Waals surface area contributed by atoms with E-state index in [0.717, 1.165) is 48.4 Å². The molecule has 1 saturated carbocycles. The van der Waals surface area contributed by atoms with Crippen molar-refractivity contribution in [2.75, 3.05) is 4.90 Å². The van der Waals surface area contributed by atoms with Crippen LogP contribution in [0.2, 0.25) is 0 Å². The van der Waals surface area contributed by atoms with Crippen molar-refractivity contribution in [3.8, 4) is 5.75 Å². The Hall–Kier alpha value is -3.03. The van der Waals surface area contributed by atoms with Crippen molar-refractivity contribution in [2.45, 2.75) is 51.3 Å². The fraction of sp³-hybridized carbons (Fsp3) is 0.450. The van der Waals surface area contributed by atoms with Crippen LogP contribution in [0, 0.1) is 6.92 Å². The standard InChI is InChI=1S/C20H27N7O/c1-14-15(12-23-26(14)2)13-28-17-8-6-16(7-9-17)27-19(22)24-18(21)25-20(27)10-4-3-5-11-20/h6-9,12H,3-5,10-11,13H2,1-2H3,(H4,21,22,24,25). The molecular weight excluding hydrogens is 354 g/mol. The van der Waals surface area contributed by atoms with Crippen LogP contribution in [-0.4, -0.2) is 27.4 Å². The zero-order valence-corrected chi connectivity index (χ0v) is 16.4. The minimum atomic E-state index is -0.427. The number of aryl methyl sites for hydroxylation is 1. The van der Waals surface area contributed by atoms with Gasteiger partial charge in [-0.3, -0.25) is 9.58 Å². The largest absolute Gasteiger partial charge is 0.489 e. The summed E-state index contributed by atoms with van der Waals surface area (Å²) >= 11 is 0. The number of ether oxygens (including phenoxy) is 1. The van der Waals surface area contributed by atoms with E-state index in [4.69, 9.17) is 21.2 Å². The van der Waals surface area contributed by atoms with E-state index in [0.29, 0.717) is 12.6 Å². The smallest absolute Gasteiger partial charge is 0.220 e. The summed E-state index contributed by atoms with van der Waals surface area (Å²) in [5, 5.41) is 4.25. The van der Waals surface area contributed by atoms with Crippen LogP contribution in [-0.2, 0) is 13.7 Å². The van der Waals surface area contributed by atoms with Crippen LogP contribution in [0.4, 0.5) is 5.69 Å². The van der Waals surface area contributed by atoms with Crippen LogP contribution in [0.15, 0.2) is 40.4 Å². The third kappa shape index (κ3) is 3.30. The maximum Gasteiger partial charge on any atom is 0.220 e. The van der Waals surface area contributed by atoms with Crippen molar-refractivity contribution in [3.05, 3.63) is 41.7 Å². The van der Waals surface area contributed by atoms with Crippen molar-refractivity contribution in [2.24, 2.45) is 28.5 Å². The second-order valence-electron chi connectivity index (χ2n) is 7.48. The van der Waals surface area contributed by atoms with E-state index < -0.39 is 5.66 Å². The highest BCUT2D eigenvalue weighted by atomic mass is 16.5. The molecule has 1 spiro atoms. The minimum absolute atomic E-state index is 0.266. The molecule has 2 aromatic rings. The van der Waals surface area contributed by atoms with E-state index in [1.54, 1.807) is 0 Å². The highest BCUT2D eigenvalue weighted by Crippen LogP contribution is 2.39. The Morgan fingerprint density at radius 2 is 1.82 bits per heavy atom. The summed E-state index contributed by atoms with van der Waals surface area (Å²) in [6, 6.07) is 7.90. The first-order chi connectivity index (χ1) is 13.5. The number of aliphatic imine (C=N–C) groups is 2. The molecule has 4 N–H and O–H groups in total. The van der Waals surface area contributed by atoms with Gasteiger partial charge in [-0.05, 0) is 56.9 Å². The van der Waals surface area contributed by atoms with Crippen molar-refractivity contribution < 1.29 is 4.74 Å². The average molecular weight is 381 g/mol. The van der Waals surface area contributed by atoms with Crippen molar-refractivity contribution in [1.82, 2.24) is 9.78 Å². The molecule has 0 amide bonds. The number of hydrogen-bond acceptors (Lipinski definition) is 7. The number of guanidine groups is 2. The molecule has 148 valence electrons. The van der Waals surface area contributed by atoms with Crippen LogP contribution in [0.5, 0.6) is 5.75 Å². The fourth-order valence-electron chi connectivity index (χ4n) is 4.03. The van der Waals surface area contributed by atoms with Gasteiger partial charge in [0.1, 0.15) is 18.0 Å². The van der Waals surface area contributed by atoms with Gasteiger partial charge >= 0.3 is 0 Å². The molecule has 1 aliphatic heterocycles. The van der Waals surface area contributed by atoms with Crippen LogP contribution in [0.3, 0.4) is 0 Å². The first-order valence-electron chi connectivity index (χ1n) is 9.69. The van der Waals surface area contributed by atoms with Gasteiger partial charge in [-0.25, -0.2) is 4.99 Å². The number of hydrogen-bond donors (Lipinski definition) is 2. The lowest BCUT2D eigenvalue weighted by Gasteiger charge is -2.45. The van der Waals surface area contributed by atoms with Gasteiger partial charge in [0, 0.05) is 24.0 Å². The molecular formula is C20H27N7O. The maximum atomic E-state index is 6.27. The zero-order valence-electron chi connectivity index (χ0n) is 16.4. The molecule has 8 heteroatoms. The number of anilines is 1. The number of nitrogens with zero attached hydrogens (tertiary/aromatic N) is 5. The average Bonchev–Trinajstić information content (AvgIpc) is 2.99. The Morgan fingerprint density at radius 1 is 1.11 bits per heavy atom. The normalized spacial score (nSPS) is 18.7. The van der Waals surface area contributed by atoms with Gasteiger partial charge in [0.2, 0.25) is 11.9 Å². The molecule has 0 bridgehead atoms. The summed E-state index contributed by atoms with van der Waals surface area (Å²) < 4.78 is 7.77. The first-order valence-corrected chi connectivity index (χ1v) is 9.69. The summed E-state index contributed by atoms with van der Waals surface area (Å²) in [5.41, 5.74) is 14.9. The minimum Gasteiger partial charge on any atom is -0.489 e. The summed E-state index contributed by atoms with van der Waals surface area (Å²) in [6.07, 6.45) is 7.09. The fourth-order valence-corrected chi connectivity index (χ4v) is 4.03. The highest BCUT2D eigenvalue weighted by molar-refractivity contribution is 6.05. The summed E-state index contributed by atoms with van der Waals surface area (Å²) in [6.45, 7) is 2.51. The second kappa shape index (κ2) is 7.18. The van der Waals surface area contributed by atoms with Crippen molar-refractivity contribution in [1.29, 1.82) is 0 Å². The summed E-state index contributed by atoms with van der Waals surface area (Å²) in [4.78, 5) is 10.9. The Morgan fingerprint density at radius 3 is 2.46 bits per heavy atom. The number of benzene rings is 1. The third-order valence-corrected chi connectivity index (χ3v) is 5.68. The lowest BCUT2D eigenvalue weighted by Crippen LogP contribution is -2.58. The number of rotatable bonds is 4. The molecule has 1 aliphatic carbocycles. The Labute approximate surface area is 164 Å². The molecule has 2 heterocycles. The van der Waals surface area contributed by atoms with E-state index >= 15 is 0 Å². The van der Waals surface area contributed by atoms with Crippen LogP contribution in [0.25, 0.3) is 0 Å². The third-order valence-electron chi connectivity index (χ3n) is 5.68. The predicted octanol–water partition coefficient (Wildman–Crippen LogP) is 2.42. The summed E-state index contributed by atoms with van der Waals surface area (Å²) in [7, 11) is 1.93. The lowest BCUT2D eigenvalue weighted by atomic mass is 9.87. The molecule has 28 heavy (non-hydrogen) atoms. The van der Waals surface area contributed by atoms with Gasteiger partial charge in [-0.15, -0.1) is 0 Å². The maximum absolute atomic E-state index is 6.27. The van der Waals surface area contributed by atoms with Crippen molar-refractivity contribution >= 4 is 17.6 Å². The number of aromatic nitrogens is 2. The zero-order chi connectivity index (χ0) is 19.7. The molecule has 2 aliphatic rings. The molecule has 1 fully saturated rings. The van der Waals surface area contributed by atoms with E-state index in [1.807, 2.05) is 54.0 Å². The lowest BCUT2D eigenvalue weighted by molar-refractivity contribution is 0.302.